The van der Waals surface area contributed by atoms with E-state index in [-0.39, 0.29) is 19.1 Å². The SMILES string of the molecule is C=CCOC(=O)[C@H](CO[C@H]1O[C@H](COC(C)=O)[C@H](OC(C)=O)[C@H](OC(C)=O)[C@H]1F)NC(=O)OCC1c2ccccc2-c2ccccc21. The van der Waals surface area contributed by atoms with Gasteiger partial charge in [-0.25, -0.2) is 14.0 Å². The largest absolute Gasteiger partial charge is 0.463 e. The van der Waals surface area contributed by atoms with Crippen LogP contribution in [0.15, 0.2) is 61.2 Å². The molecule has 0 radical (unpaired) electrons. The Morgan fingerprint density at radius 3 is 2.02 bits per heavy atom. The number of carbonyl (C=O) groups is 5. The van der Waals surface area contributed by atoms with Crippen LogP contribution in [0.4, 0.5) is 9.18 Å². The highest BCUT2D eigenvalue weighted by atomic mass is 19.1. The van der Waals surface area contributed by atoms with Crippen molar-refractivity contribution in [2.45, 2.75) is 63.5 Å². The summed E-state index contributed by atoms with van der Waals surface area (Å²) < 4.78 is 52.8. The smallest absolute Gasteiger partial charge is 0.407 e. The molecule has 4 rings (SSSR count). The molecule has 47 heavy (non-hydrogen) atoms. The van der Waals surface area contributed by atoms with E-state index in [2.05, 4.69) is 11.9 Å². The zero-order valence-corrected chi connectivity index (χ0v) is 26.1. The molecule has 0 bridgehead atoms. The van der Waals surface area contributed by atoms with Gasteiger partial charge >= 0.3 is 30.0 Å². The van der Waals surface area contributed by atoms with Crippen molar-refractivity contribution in [1.82, 2.24) is 5.32 Å². The summed E-state index contributed by atoms with van der Waals surface area (Å²) in [4.78, 5) is 60.9. The minimum Gasteiger partial charge on any atom is -0.463 e. The molecule has 252 valence electrons. The molecule has 0 aromatic heterocycles. The number of nitrogens with one attached hydrogen (secondary N) is 1. The molecule has 1 aliphatic heterocycles. The van der Waals surface area contributed by atoms with Crippen molar-refractivity contribution >= 4 is 30.0 Å². The van der Waals surface area contributed by atoms with E-state index in [1.54, 1.807) is 0 Å². The Hall–Kier alpha value is -4.82. The normalized spacial score (nSPS) is 22.1. The van der Waals surface area contributed by atoms with Crippen LogP contribution in [0, 0.1) is 0 Å². The van der Waals surface area contributed by atoms with Gasteiger partial charge in [-0.3, -0.25) is 14.4 Å². The van der Waals surface area contributed by atoms with E-state index >= 15 is 4.39 Å². The Morgan fingerprint density at radius 1 is 0.851 bits per heavy atom. The number of fused-ring (bicyclic) bond motifs is 3. The number of alkyl halides is 1. The highest BCUT2D eigenvalue weighted by molar-refractivity contribution is 5.82. The molecule has 2 aromatic carbocycles. The molecule has 2 aromatic rings. The molecule has 0 saturated carbocycles. The van der Waals surface area contributed by atoms with Crippen LogP contribution in [0.3, 0.4) is 0 Å². The molecule has 1 aliphatic carbocycles. The number of hydrogen-bond acceptors (Lipinski definition) is 12. The molecule has 1 heterocycles. The lowest BCUT2D eigenvalue weighted by molar-refractivity contribution is -0.293. The minimum absolute atomic E-state index is 0.0487. The van der Waals surface area contributed by atoms with Crippen LogP contribution >= 0.6 is 0 Å². The third-order valence-corrected chi connectivity index (χ3v) is 7.32. The molecular weight excluding hydrogens is 621 g/mol. The van der Waals surface area contributed by atoms with Gasteiger partial charge in [-0.1, -0.05) is 61.2 Å². The summed E-state index contributed by atoms with van der Waals surface area (Å²) in [6.07, 6.45) is -8.29. The standard InChI is InChI=1S/C33H36FNO12/c1-5-14-41-31(39)26(35-33(40)44-15-25-23-12-8-6-10-21(23)22-11-7-9-13-24(22)25)16-43-32-28(34)30(46-20(4)38)29(45-19(3)37)27(47-32)17-42-18(2)36/h5-13,25-30,32H,1,14-17H2,2-4H3,(H,35,40)/t26-,27+,28+,29-,30+,32-/m0/s1. The van der Waals surface area contributed by atoms with Crippen molar-refractivity contribution in [1.29, 1.82) is 0 Å². The van der Waals surface area contributed by atoms with Crippen molar-refractivity contribution in [2.24, 2.45) is 0 Å². The second-order valence-corrected chi connectivity index (χ2v) is 10.7. The maximum absolute atomic E-state index is 15.7. The van der Waals surface area contributed by atoms with E-state index in [4.69, 9.17) is 33.2 Å². The lowest BCUT2D eigenvalue weighted by Crippen LogP contribution is -2.61. The fraction of sp³-hybridized carbons (Fsp3) is 0.424. The van der Waals surface area contributed by atoms with Crippen LogP contribution < -0.4 is 5.32 Å². The Labute approximate surface area is 270 Å². The van der Waals surface area contributed by atoms with Gasteiger partial charge in [-0.2, -0.15) is 0 Å². The highest BCUT2D eigenvalue weighted by Gasteiger charge is 2.51. The van der Waals surface area contributed by atoms with Crippen LogP contribution in [0.25, 0.3) is 11.1 Å². The van der Waals surface area contributed by atoms with Gasteiger partial charge in [0.2, 0.25) is 0 Å². The molecule has 6 atom stereocenters. The fourth-order valence-electron chi connectivity index (χ4n) is 5.38. The number of hydrogen-bond donors (Lipinski definition) is 1. The number of amides is 1. The predicted molar refractivity (Wildman–Crippen MR) is 160 cm³/mol. The van der Waals surface area contributed by atoms with Crippen molar-refractivity contribution in [2.75, 3.05) is 26.4 Å². The van der Waals surface area contributed by atoms with Gasteiger partial charge in [0.25, 0.3) is 0 Å². The maximum atomic E-state index is 15.7. The summed E-state index contributed by atoms with van der Waals surface area (Å²) in [5.74, 6) is -3.65. The molecule has 1 saturated heterocycles. The van der Waals surface area contributed by atoms with E-state index in [0.717, 1.165) is 43.0 Å². The first-order valence-corrected chi connectivity index (χ1v) is 14.8. The molecule has 13 nitrogen and oxygen atoms in total. The number of benzene rings is 2. The van der Waals surface area contributed by atoms with Gasteiger partial charge in [-0.05, 0) is 22.3 Å². The van der Waals surface area contributed by atoms with Crippen molar-refractivity contribution in [3.63, 3.8) is 0 Å². The van der Waals surface area contributed by atoms with Crippen molar-refractivity contribution in [3.05, 3.63) is 72.3 Å². The zero-order chi connectivity index (χ0) is 34.1. The predicted octanol–water partition coefficient (Wildman–Crippen LogP) is 3.13. The Balaban J connectivity index is 1.46. The molecule has 0 unspecified atom stereocenters. The summed E-state index contributed by atoms with van der Waals surface area (Å²) in [5, 5.41) is 2.38. The summed E-state index contributed by atoms with van der Waals surface area (Å²) in [6.45, 7) is 5.24. The molecular formula is C33H36FNO12. The zero-order valence-electron chi connectivity index (χ0n) is 26.1. The van der Waals surface area contributed by atoms with Crippen LogP contribution in [0.1, 0.15) is 37.8 Å². The third kappa shape index (κ3) is 8.92. The van der Waals surface area contributed by atoms with E-state index in [9.17, 15) is 24.0 Å². The lowest BCUT2D eigenvalue weighted by atomic mass is 9.98. The second kappa shape index (κ2) is 16.1. The first-order chi connectivity index (χ1) is 22.5. The van der Waals surface area contributed by atoms with E-state index in [1.807, 2.05) is 48.5 Å². The van der Waals surface area contributed by atoms with Gasteiger partial charge in [0, 0.05) is 26.7 Å². The maximum Gasteiger partial charge on any atom is 0.407 e. The van der Waals surface area contributed by atoms with Crippen LogP contribution in [0.2, 0.25) is 0 Å². The quantitative estimate of drug-likeness (QED) is 0.191. The average Bonchev–Trinajstić information content (AvgIpc) is 3.35. The first kappa shape index (κ1) is 35.0. The molecule has 1 N–H and O–H groups in total. The second-order valence-electron chi connectivity index (χ2n) is 10.7. The summed E-state index contributed by atoms with van der Waals surface area (Å²) in [6, 6.07) is 14.0. The van der Waals surface area contributed by atoms with Gasteiger partial charge < -0.3 is 38.5 Å². The monoisotopic (exact) mass is 657 g/mol. The molecule has 0 spiro atoms. The van der Waals surface area contributed by atoms with Crippen LogP contribution in [-0.4, -0.2) is 93.2 Å². The average molecular weight is 658 g/mol. The molecule has 1 amide bonds. The van der Waals surface area contributed by atoms with Crippen LogP contribution in [-0.2, 0) is 52.3 Å². The van der Waals surface area contributed by atoms with E-state index < -0.39 is 80.0 Å². The summed E-state index contributed by atoms with van der Waals surface area (Å²) in [5.41, 5.74) is 4.01. The van der Waals surface area contributed by atoms with Gasteiger partial charge in [-0.15, -0.1) is 0 Å². The minimum atomic E-state index is -2.24. The summed E-state index contributed by atoms with van der Waals surface area (Å²) >= 11 is 0. The number of carbonyl (C=O) groups excluding carboxylic acids is 5. The van der Waals surface area contributed by atoms with Gasteiger partial charge in [0.15, 0.2) is 30.7 Å². The Kier molecular flexibility index (Phi) is 12.0. The number of esters is 4. The Morgan fingerprint density at radius 2 is 1.45 bits per heavy atom. The van der Waals surface area contributed by atoms with Crippen molar-refractivity contribution in [3.8, 4) is 11.1 Å². The first-order valence-electron chi connectivity index (χ1n) is 14.8. The van der Waals surface area contributed by atoms with E-state index in [0.29, 0.717) is 0 Å². The third-order valence-electron chi connectivity index (χ3n) is 7.32. The van der Waals surface area contributed by atoms with Crippen molar-refractivity contribution < 1.29 is 61.5 Å². The number of alkyl carbamates (subject to hydrolysis) is 1. The molecule has 14 heteroatoms. The number of ether oxygens (including phenoxy) is 7. The Bertz CT molecular complexity index is 1440. The topological polar surface area (TPSA) is 162 Å². The van der Waals surface area contributed by atoms with E-state index in [1.165, 1.54) is 6.08 Å². The highest BCUT2D eigenvalue weighted by Crippen LogP contribution is 2.44. The number of halogens is 1. The number of rotatable bonds is 13. The molecule has 2 aliphatic rings. The van der Waals surface area contributed by atoms with Gasteiger partial charge in [0.1, 0.15) is 25.9 Å². The lowest BCUT2D eigenvalue weighted by Gasteiger charge is -2.42. The summed E-state index contributed by atoms with van der Waals surface area (Å²) in [7, 11) is 0. The van der Waals surface area contributed by atoms with Crippen LogP contribution in [0.5, 0.6) is 0 Å². The van der Waals surface area contributed by atoms with Gasteiger partial charge in [0.05, 0.1) is 6.61 Å². The fourth-order valence-corrected chi connectivity index (χ4v) is 5.38. The molecule has 1 fully saturated rings.